The van der Waals surface area contributed by atoms with Gasteiger partial charge in [0.1, 0.15) is 5.75 Å². The number of phenolic OH excluding ortho intramolecular Hbond substituents is 1. The van der Waals surface area contributed by atoms with Crippen LogP contribution in [0.1, 0.15) is 17.5 Å². The van der Waals surface area contributed by atoms with Crippen molar-refractivity contribution in [2.75, 3.05) is 6.61 Å². The van der Waals surface area contributed by atoms with Crippen LogP contribution in [0.5, 0.6) is 5.75 Å². The third-order valence-electron chi connectivity index (χ3n) is 2.86. The number of benzene rings is 1. The lowest BCUT2D eigenvalue weighted by Gasteiger charge is -2.31. The normalized spacial score (nSPS) is 25.9. The van der Waals surface area contributed by atoms with Gasteiger partial charge in [0.25, 0.3) is 0 Å². The average Bonchev–Trinajstić information content (AvgIpc) is 2.19. The van der Waals surface area contributed by atoms with E-state index in [0.29, 0.717) is 19.3 Å². The summed E-state index contributed by atoms with van der Waals surface area (Å²) in [7, 11) is 0. The van der Waals surface area contributed by atoms with Crippen molar-refractivity contribution in [2.24, 2.45) is 0 Å². The van der Waals surface area contributed by atoms with Crippen molar-refractivity contribution in [3.05, 3.63) is 29.3 Å². The molecule has 0 saturated heterocycles. The molecule has 1 aliphatic carbocycles. The van der Waals surface area contributed by atoms with E-state index < -0.39 is 5.60 Å². The molecule has 0 heterocycles. The van der Waals surface area contributed by atoms with Gasteiger partial charge in [-0.25, -0.2) is 0 Å². The van der Waals surface area contributed by atoms with Crippen molar-refractivity contribution < 1.29 is 15.3 Å². The fourth-order valence-electron chi connectivity index (χ4n) is 1.96. The molecule has 2 rings (SSSR count). The second-order valence-electron chi connectivity index (χ2n) is 4.01. The highest BCUT2D eigenvalue weighted by Gasteiger charge is 2.31. The summed E-state index contributed by atoms with van der Waals surface area (Å²) in [6, 6.07) is 5.15. The van der Waals surface area contributed by atoms with Crippen molar-refractivity contribution in [1.29, 1.82) is 0 Å². The van der Waals surface area contributed by atoms with Gasteiger partial charge in [0, 0.05) is 6.42 Å². The van der Waals surface area contributed by atoms with Crippen LogP contribution >= 0.6 is 0 Å². The van der Waals surface area contributed by atoms with Gasteiger partial charge in [-0.15, -0.1) is 0 Å². The molecule has 0 aromatic heterocycles. The number of aryl methyl sites for hydroxylation is 1. The minimum absolute atomic E-state index is 0.201. The molecule has 1 aliphatic rings. The summed E-state index contributed by atoms with van der Waals surface area (Å²) in [5.41, 5.74) is 1.12. The van der Waals surface area contributed by atoms with E-state index in [1.807, 2.05) is 6.07 Å². The maximum Gasteiger partial charge on any atom is 0.115 e. The zero-order valence-electron chi connectivity index (χ0n) is 7.90. The van der Waals surface area contributed by atoms with Gasteiger partial charge in [-0.2, -0.15) is 0 Å². The van der Waals surface area contributed by atoms with Gasteiger partial charge in [-0.1, -0.05) is 6.07 Å². The largest absolute Gasteiger partial charge is 0.508 e. The lowest BCUT2D eigenvalue weighted by Crippen LogP contribution is -2.39. The molecule has 3 N–H and O–H groups in total. The first-order valence-electron chi connectivity index (χ1n) is 4.77. The quantitative estimate of drug-likeness (QED) is 0.613. The minimum Gasteiger partial charge on any atom is -0.508 e. The number of aliphatic hydroxyl groups excluding tert-OH is 1. The monoisotopic (exact) mass is 194 g/mol. The zero-order valence-corrected chi connectivity index (χ0v) is 7.90. The fraction of sp³-hybridized carbons (Fsp3) is 0.455. The molecule has 1 atom stereocenters. The van der Waals surface area contributed by atoms with Gasteiger partial charge in [-0.3, -0.25) is 0 Å². The van der Waals surface area contributed by atoms with Crippen LogP contribution in [0, 0.1) is 0 Å². The van der Waals surface area contributed by atoms with Crippen molar-refractivity contribution in [2.45, 2.75) is 24.9 Å². The van der Waals surface area contributed by atoms with Gasteiger partial charge < -0.3 is 15.3 Å². The third-order valence-corrected chi connectivity index (χ3v) is 2.86. The van der Waals surface area contributed by atoms with E-state index in [-0.39, 0.29) is 12.4 Å². The molecular weight excluding hydrogens is 180 g/mol. The minimum atomic E-state index is -0.968. The van der Waals surface area contributed by atoms with Crippen LogP contribution in [0.15, 0.2) is 18.2 Å². The maximum atomic E-state index is 9.88. The van der Waals surface area contributed by atoms with Gasteiger partial charge in [0.05, 0.1) is 12.2 Å². The molecule has 0 spiro atoms. The van der Waals surface area contributed by atoms with E-state index in [0.717, 1.165) is 11.1 Å². The van der Waals surface area contributed by atoms with Crippen LogP contribution in [-0.4, -0.2) is 27.5 Å². The fourth-order valence-corrected chi connectivity index (χ4v) is 1.96. The van der Waals surface area contributed by atoms with Crippen LogP contribution in [0.2, 0.25) is 0 Å². The first-order chi connectivity index (χ1) is 6.63. The van der Waals surface area contributed by atoms with E-state index in [9.17, 15) is 10.2 Å². The van der Waals surface area contributed by atoms with Crippen LogP contribution in [0.25, 0.3) is 0 Å². The van der Waals surface area contributed by atoms with Crippen LogP contribution < -0.4 is 0 Å². The number of fused-ring (bicyclic) bond motifs is 1. The summed E-state index contributed by atoms with van der Waals surface area (Å²) in [6.45, 7) is -0.201. The summed E-state index contributed by atoms with van der Waals surface area (Å²) in [6.07, 6.45) is 1.74. The molecule has 0 fully saturated rings. The molecule has 1 aromatic carbocycles. The van der Waals surface area contributed by atoms with E-state index in [2.05, 4.69) is 0 Å². The molecule has 0 unspecified atom stereocenters. The van der Waals surface area contributed by atoms with Crippen molar-refractivity contribution in [1.82, 2.24) is 0 Å². The smallest absolute Gasteiger partial charge is 0.115 e. The lowest BCUT2D eigenvalue weighted by atomic mass is 9.81. The molecule has 0 amide bonds. The molecule has 1 aromatic rings. The lowest BCUT2D eigenvalue weighted by molar-refractivity contribution is -0.0248. The second kappa shape index (κ2) is 3.26. The number of rotatable bonds is 1. The van der Waals surface area contributed by atoms with E-state index in [4.69, 9.17) is 5.11 Å². The molecule has 3 nitrogen and oxygen atoms in total. The Balaban J connectivity index is 2.31. The molecule has 14 heavy (non-hydrogen) atoms. The SMILES string of the molecule is OC[C@]1(O)CCc2cc(O)ccc2C1. The highest BCUT2D eigenvalue weighted by Crippen LogP contribution is 2.30. The van der Waals surface area contributed by atoms with Crippen molar-refractivity contribution in [3.8, 4) is 5.75 Å². The van der Waals surface area contributed by atoms with Crippen LogP contribution in [-0.2, 0) is 12.8 Å². The molecular formula is C11H14O3. The zero-order chi connectivity index (χ0) is 10.2. The van der Waals surface area contributed by atoms with Gasteiger partial charge >= 0.3 is 0 Å². The maximum absolute atomic E-state index is 9.88. The molecule has 0 radical (unpaired) electrons. The Morgan fingerprint density at radius 2 is 2.07 bits per heavy atom. The van der Waals surface area contributed by atoms with Crippen molar-refractivity contribution >= 4 is 0 Å². The highest BCUT2D eigenvalue weighted by atomic mass is 16.3. The number of aliphatic hydroxyl groups is 2. The van der Waals surface area contributed by atoms with E-state index in [1.54, 1.807) is 12.1 Å². The van der Waals surface area contributed by atoms with Gasteiger partial charge in [-0.05, 0) is 36.1 Å². The highest BCUT2D eigenvalue weighted by molar-refractivity contribution is 5.37. The Bertz CT molecular complexity index is 348. The predicted octanol–water partition coefficient (Wildman–Crippen LogP) is 0.604. The Labute approximate surface area is 82.6 Å². The molecule has 3 heteroatoms. The Kier molecular flexibility index (Phi) is 2.21. The Morgan fingerprint density at radius 1 is 1.29 bits per heavy atom. The molecule has 76 valence electrons. The Hall–Kier alpha value is -1.06. The Morgan fingerprint density at radius 3 is 2.79 bits per heavy atom. The molecule has 0 bridgehead atoms. The first-order valence-corrected chi connectivity index (χ1v) is 4.77. The standard InChI is InChI=1S/C11H14O3/c12-7-11(14)4-3-8-5-10(13)2-1-9(8)6-11/h1-2,5,12-14H,3-4,6-7H2/t11-/m0/s1. The third kappa shape index (κ3) is 1.61. The van der Waals surface area contributed by atoms with Gasteiger partial charge in [0.2, 0.25) is 0 Å². The summed E-state index contributed by atoms with van der Waals surface area (Å²) >= 11 is 0. The van der Waals surface area contributed by atoms with Crippen LogP contribution in [0.3, 0.4) is 0 Å². The molecule has 0 saturated carbocycles. The summed E-state index contributed by atoms with van der Waals surface area (Å²) < 4.78 is 0. The number of hydrogen-bond donors (Lipinski definition) is 3. The van der Waals surface area contributed by atoms with Crippen molar-refractivity contribution in [3.63, 3.8) is 0 Å². The molecule has 0 aliphatic heterocycles. The summed E-state index contributed by atoms with van der Waals surface area (Å²) in [4.78, 5) is 0. The first kappa shape index (κ1) is 9.49. The summed E-state index contributed by atoms with van der Waals surface area (Å²) in [5, 5.41) is 28.2. The summed E-state index contributed by atoms with van der Waals surface area (Å²) in [5.74, 6) is 0.262. The van der Waals surface area contributed by atoms with Gasteiger partial charge in [0.15, 0.2) is 0 Å². The second-order valence-corrected chi connectivity index (χ2v) is 4.01. The predicted molar refractivity (Wildman–Crippen MR) is 52.2 cm³/mol. The van der Waals surface area contributed by atoms with E-state index in [1.165, 1.54) is 0 Å². The van der Waals surface area contributed by atoms with E-state index >= 15 is 0 Å². The topological polar surface area (TPSA) is 60.7 Å². The number of aromatic hydroxyl groups is 1. The number of phenols is 1. The van der Waals surface area contributed by atoms with Crippen LogP contribution in [0.4, 0.5) is 0 Å². The number of hydrogen-bond acceptors (Lipinski definition) is 3. The average molecular weight is 194 g/mol.